The van der Waals surface area contributed by atoms with E-state index in [1.54, 1.807) is 12.4 Å². The Morgan fingerprint density at radius 1 is 1.16 bits per heavy atom. The van der Waals surface area contributed by atoms with Gasteiger partial charge < -0.3 is 4.74 Å². The van der Waals surface area contributed by atoms with Crippen molar-refractivity contribution in [2.45, 2.75) is 32.7 Å². The third kappa shape index (κ3) is 2.75. The monoisotopic (exact) mass is 340 g/mol. The summed E-state index contributed by atoms with van der Waals surface area (Å²) in [5, 5.41) is 4.28. The van der Waals surface area contributed by atoms with Gasteiger partial charge in [-0.1, -0.05) is 6.42 Å². The van der Waals surface area contributed by atoms with Crippen LogP contribution < -0.4 is 16.0 Å². The molecule has 3 aromatic rings. The molecule has 1 fully saturated rings. The summed E-state index contributed by atoms with van der Waals surface area (Å²) in [6.07, 6.45) is 6.65. The van der Waals surface area contributed by atoms with Crippen LogP contribution in [-0.2, 0) is 6.54 Å². The second-order valence-corrected chi connectivity index (χ2v) is 6.36. The van der Waals surface area contributed by atoms with Gasteiger partial charge in [0.2, 0.25) is 5.65 Å². The number of benzene rings is 1. The molecule has 0 bridgehead atoms. The molecule has 2 heterocycles. The molecular formula is C18H20N4O3. The van der Waals surface area contributed by atoms with E-state index < -0.39 is 0 Å². The topological polar surface area (TPSA) is 70.5 Å². The number of fused-ring (bicyclic) bond motifs is 1. The van der Waals surface area contributed by atoms with Gasteiger partial charge >= 0.3 is 11.2 Å². The van der Waals surface area contributed by atoms with Crippen molar-refractivity contribution in [1.82, 2.24) is 18.7 Å². The molecule has 0 N–H and O–H groups in total. The lowest BCUT2D eigenvalue weighted by Crippen LogP contribution is -2.28. The SMILES string of the molecule is CCOc1ccc(-n2ccn3c(=O)n(CC4CCC4)nc3c2=O)cc1. The lowest BCUT2D eigenvalue weighted by Gasteiger charge is -2.24. The van der Waals surface area contributed by atoms with Gasteiger partial charge in [-0.25, -0.2) is 13.9 Å². The van der Waals surface area contributed by atoms with Crippen molar-refractivity contribution < 1.29 is 4.74 Å². The molecule has 1 aliphatic carbocycles. The minimum atomic E-state index is -0.309. The van der Waals surface area contributed by atoms with Crippen molar-refractivity contribution in [2.24, 2.45) is 5.92 Å². The molecule has 0 saturated heterocycles. The van der Waals surface area contributed by atoms with Crippen LogP contribution >= 0.6 is 0 Å². The average molecular weight is 340 g/mol. The summed E-state index contributed by atoms with van der Waals surface area (Å²) in [4.78, 5) is 25.2. The Hall–Kier alpha value is -2.83. The van der Waals surface area contributed by atoms with E-state index in [1.165, 1.54) is 20.1 Å². The smallest absolute Gasteiger partial charge is 0.350 e. The Balaban J connectivity index is 1.74. The Bertz CT molecular complexity index is 1010. The summed E-state index contributed by atoms with van der Waals surface area (Å²) in [6, 6.07) is 7.26. The van der Waals surface area contributed by atoms with E-state index in [2.05, 4.69) is 5.10 Å². The minimum absolute atomic E-state index is 0.153. The zero-order chi connectivity index (χ0) is 17.4. The predicted molar refractivity (Wildman–Crippen MR) is 93.6 cm³/mol. The molecule has 0 amide bonds. The van der Waals surface area contributed by atoms with Crippen LogP contribution in [0.1, 0.15) is 26.2 Å². The summed E-state index contributed by atoms with van der Waals surface area (Å²) < 4.78 is 9.66. The number of rotatable bonds is 5. The normalized spacial score (nSPS) is 14.6. The molecule has 1 aliphatic rings. The van der Waals surface area contributed by atoms with E-state index in [0.717, 1.165) is 18.6 Å². The van der Waals surface area contributed by atoms with Crippen molar-refractivity contribution in [3.63, 3.8) is 0 Å². The molecule has 1 saturated carbocycles. The van der Waals surface area contributed by atoms with Crippen molar-refractivity contribution in [2.75, 3.05) is 6.61 Å². The Labute approximate surface area is 144 Å². The average Bonchev–Trinajstić information content (AvgIpc) is 2.90. The molecular weight excluding hydrogens is 320 g/mol. The molecule has 25 heavy (non-hydrogen) atoms. The molecule has 1 aromatic carbocycles. The highest BCUT2D eigenvalue weighted by Gasteiger charge is 2.21. The van der Waals surface area contributed by atoms with E-state index in [4.69, 9.17) is 4.74 Å². The molecule has 0 atom stereocenters. The summed E-state index contributed by atoms with van der Waals surface area (Å²) in [5.41, 5.74) is 0.298. The highest BCUT2D eigenvalue weighted by atomic mass is 16.5. The fourth-order valence-electron chi connectivity index (χ4n) is 3.12. The van der Waals surface area contributed by atoms with E-state index in [0.29, 0.717) is 24.8 Å². The number of hydrogen-bond donors (Lipinski definition) is 0. The van der Waals surface area contributed by atoms with E-state index >= 15 is 0 Å². The van der Waals surface area contributed by atoms with Crippen LogP contribution in [0.5, 0.6) is 5.75 Å². The summed E-state index contributed by atoms with van der Waals surface area (Å²) in [6.45, 7) is 3.10. The maximum Gasteiger partial charge on any atom is 0.350 e. The number of nitrogens with zero attached hydrogens (tertiary/aromatic N) is 4. The fourth-order valence-corrected chi connectivity index (χ4v) is 3.12. The van der Waals surface area contributed by atoms with Gasteiger partial charge in [-0.2, -0.15) is 0 Å². The Morgan fingerprint density at radius 2 is 1.92 bits per heavy atom. The van der Waals surface area contributed by atoms with Crippen LogP contribution in [0.4, 0.5) is 0 Å². The lowest BCUT2D eigenvalue weighted by atomic mass is 9.86. The quantitative estimate of drug-likeness (QED) is 0.711. The first-order chi connectivity index (χ1) is 12.2. The van der Waals surface area contributed by atoms with E-state index in [9.17, 15) is 9.59 Å². The van der Waals surface area contributed by atoms with Gasteiger partial charge in [-0.05, 0) is 49.9 Å². The van der Waals surface area contributed by atoms with Crippen molar-refractivity contribution in [1.29, 1.82) is 0 Å². The Kier molecular flexibility index (Phi) is 3.91. The standard InChI is InChI=1S/C18H20N4O3/c1-2-25-15-8-6-14(7-9-15)20-10-11-21-16(17(20)23)19-22(18(21)24)12-13-4-3-5-13/h6-11,13H,2-5,12H2,1H3. The zero-order valence-electron chi connectivity index (χ0n) is 14.1. The molecule has 130 valence electrons. The van der Waals surface area contributed by atoms with Gasteiger partial charge in [0.05, 0.1) is 6.61 Å². The third-order valence-corrected chi connectivity index (χ3v) is 4.73. The number of ether oxygens (including phenoxy) is 1. The molecule has 7 heteroatoms. The van der Waals surface area contributed by atoms with Gasteiger partial charge in [0, 0.05) is 24.6 Å². The van der Waals surface area contributed by atoms with E-state index in [-0.39, 0.29) is 16.9 Å². The first-order valence-electron chi connectivity index (χ1n) is 8.61. The molecule has 2 aromatic heterocycles. The maximum atomic E-state index is 12.8. The summed E-state index contributed by atoms with van der Waals surface area (Å²) in [5.74, 6) is 1.25. The lowest BCUT2D eigenvalue weighted by molar-refractivity contribution is 0.263. The van der Waals surface area contributed by atoms with Crippen LogP contribution in [0.25, 0.3) is 11.3 Å². The molecule has 0 aliphatic heterocycles. The van der Waals surface area contributed by atoms with Crippen LogP contribution in [0, 0.1) is 5.92 Å². The van der Waals surface area contributed by atoms with E-state index in [1.807, 2.05) is 31.2 Å². The second-order valence-electron chi connectivity index (χ2n) is 6.36. The highest BCUT2D eigenvalue weighted by molar-refractivity contribution is 5.42. The van der Waals surface area contributed by atoms with Crippen LogP contribution in [0.2, 0.25) is 0 Å². The third-order valence-electron chi connectivity index (χ3n) is 4.73. The summed E-state index contributed by atoms with van der Waals surface area (Å²) in [7, 11) is 0. The van der Waals surface area contributed by atoms with Gasteiger partial charge in [0.1, 0.15) is 5.75 Å². The van der Waals surface area contributed by atoms with Crippen molar-refractivity contribution in [3.05, 3.63) is 57.5 Å². The van der Waals surface area contributed by atoms with Gasteiger partial charge in [0.15, 0.2) is 0 Å². The maximum absolute atomic E-state index is 12.8. The van der Waals surface area contributed by atoms with Gasteiger partial charge in [-0.3, -0.25) is 9.36 Å². The molecule has 0 radical (unpaired) electrons. The number of hydrogen-bond acceptors (Lipinski definition) is 4. The van der Waals surface area contributed by atoms with Crippen LogP contribution in [0.15, 0.2) is 46.2 Å². The first-order valence-corrected chi connectivity index (χ1v) is 8.61. The Morgan fingerprint density at radius 3 is 2.56 bits per heavy atom. The summed E-state index contributed by atoms with van der Waals surface area (Å²) >= 11 is 0. The van der Waals surface area contributed by atoms with Crippen molar-refractivity contribution >= 4 is 5.65 Å². The molecule has 7 nitrogen and oxygen atoms in total. The van der Waals surface area contributed by atoms with Gasteiger partial charge in [-0.15, -0.1) is 5.10 Å². The second kappa shape index (κ2) is 6.23. The first kappa shape index (κ1) is 15.7. The molecule has 0 unspecified atom stereocenters. The van der Waals surface area contributed by atoms with Crippen LogP contribution in [-0.4, -0.2) is 25.4 Å². The zero-order valence-corrected chi connectivity index (χ0v) is 14.1. The molecule has 4 rings (SSSR count). The van der Waals surface area contributed by atoms with Gasteiger partial charge in [0.25, 0.3) is 0 Å². The predicted octanol–water partition coefficient (Wildman–Crippen LogP) is 1.85. The number of aromatic nitrogens is 4. The largest absolute Gasteiger partial charge is 0.494 e. The highest BCUT2D eigenvalue weighted by Crippen LogP contribution is 2.27. The minimum Gasteiger partial charge on any atom is -0.494 e. The van der Waals surface area contributed by atoms with Crippen molar-refractivity contribution in [3.8, 4) is 11.4 Å². The fraction of sp³-hybridized carbons (Fsp3) is 0.389. The molecule has 0 spiro atoms. The van der Waals surface area contributed by atoms with Crippen LogP contribution in [0.3, 0.4) is 0 Å².